The van der Waals surface area contributed by atoms with Crippen LogP contribution in [0.3, 0.4) is 0 Å². The molecule has 0 aromatic carbocycles. The van der Waals surface area contributed by atoms with E-state index < -0.39 is 64.9 Å². The van der Waals surface area contributed by atoms with Gasteiger partial charge in [-0.05, 0) is 87.7 Å². The Kier molecular flexibility index (Phi) is 14.3. The molecule has 2 saturated heterocycles. The third-order valence-corrected chi connectivity index (χ3v) is 14.2. The summed E-state index contributed by atoms with van der Waals surface area (Å²) in [6.45, 7) is 12.6. The minimum Gasteiger partial charge on any atom is -0.363 e. The molecule has 3 heterocycles. The highest BCUT2D eigenvalue weighted by molar-refractivity contribution is 8.18. The molecule has 4 atom stereocenters. The van der Waals surface area contributed by atoms with E-state index in [4.69, 9.17) is 5.73 Å². The van der Waals surface area contributed by atoms with Crippen LogP contribution in [0.4, 0.5) is 0 Å². The van der Waals surface area contributed by atoms with Crippen LogP contribution in [0.5, 0.6) is 0 Å². The van der Waals surface area contributed by atoms with Gasteiger partial charge in [0.1, 0.15) is 23.8 Å². The van der Waals surface area contributed by atoms with E-state index >= 15 is 0 Å². The molecule has 1 aliphatic carbocycles. The van der Waals surface area contributed by atoms with Crippen molar-refractivity contribution in [2.24, 2.45) is 17.1 Å². The summed E-state index contributed by atoms with van der Waals surface area (Å²) < 4.78 is -0.331. The van der Waals surface area contributed by atoms with Gasteiger partial charge in [0, 0.05) is 12.2 Å². The number of piperidine rings is 1. The maximum Gasteiger partial charge on any atom is 0.287 e. The molecule has 1 aromatic rings. The summed E-state index contributed by atoms with van der Waals surface area (Å²) in [5.74, 6) is -2.69. The molecule has 5 amide bonds. The molecule has 1 unspecified atom stereocenters. The van der Waals surface area contributed by atoms with Gasteiger partial charge in [-0.1, -0.05) is 53.4 Å². The van der Waals surface area contributed by atoms with Gasteiger partial charge in [-0.3, -0.25) is 33.6 Å². The Bertz CT molecular complexity index is 1570. The molecule has 13 nitrogen and oxygen atoms in total. The zero-order chi connectivity index (χ0) is 39.2. The maximum absolute atomic E-state index is 14.9. The Morgan fingerprint density at radius 2 is 1.58 bits per heavy atom. The fourth-order valence-corrected chi connectivity index (χ4v) is 11.1. The number of Topliss-reactive ketones (excluding diaryl/α,β-unsaturated/α-hetero) is 2. The molecule has 53 heavy (non-hydrogen) atoms. The lowest BCUT2D eigenvalue weighted by Crippen LogP contribution is -2.66. The lowest BCUT2D eigenvalue weighted by Gasteiger charge is -2.49. The molecule has 0 radical (unpaired) electrons. The van der Waals surface area contributed by atoms with E-state index in [0.29, 0.717) is 43.4 Å². The molecule has 1 aromatic heterocycles. The zero-order valence-corrected chi connectivity index (χ0v) is 33.9. The number of likely N-dealkylation sites (tertiary alicyclic amines) is 1. The van der Waals surface area contributed by atoms with Crippen molar-refractivity contribution in [1.82, 2.24) is 25.8 Å². The first kappa shape index (κ1) is 42.4. The van der Waals surface area contributed by atoms with Gasteiger partial charge in [-0.25, -0.2) is 0 Å². The van der Waals surface area contributed by atoms with E-state index in [1.165, 1.54) is 6.92 Å². The smallest absolute Gasteiger partial charge is 0.287 e. The van der Waals surface area contributed by atoms with Crippen molar-refractivity contribution in [3.63, 3.8) is 0 Å². The summed E-state index contributed by atoms with van der Waals surface area (Å²) in [5.41, 5.74) is 6.24. The number of carbonyl (C=O) groups excluding carboxylic acids is 7. The lowest BCUT2D eigenvalue weighted by atomic mass is 9.81. The summed E-state index contributed by atoms with van der Waals surface area (Å²) in [5, 5.41) is 8.69. The van der Waals surface area contributed by atoms with Crippen LogP contribution < -0.4 is 21.7 Å². The molecule has 6 N–H and O–H groups in total. The Labute approximate surface area is 321 Å². The molecular weight excluding hydrogens is 717 g/mol. The summed E-state index contributed by atoms with van der Waals surface area (Å²) >= 11 is 3.56. The van der Waals surface area contributed by atoms with Crippen molar-refractivity contribution in [2.75, 3.05) is 18.1 Å². The number of aromatic amines is 1. The van der Waals surface area contributed by atoms with Crippen LogP contribution in [-0.4, -0.2) is 97.3 Å². The monoisotopic (exact) mass is 774 g/mol. The van der Waals surface area contributed by atoms with Crippen LogP contribution in [0, 0.1) is 25.2 Å². The predicted molar refractivity (Wildman–Crippen MR) is 208 cm³/mol. The first-order valence-electron chi connectivity index (χ1n) is 18.9. The third-order valence-electron chi connectivity index (χ3n) is 10.8. The zero-order valence-electron chi connectivity index (χ0n) is 32.3. The number of hydrogen-bond donors (Lipinski definition) is 5. The van der Waals surface area contributed by atoms with E-state index in [2.05, 4.69) is 20.9 Å². The van der Waals surface area contributed by atoms with Crippen LogP contribution in [0.1, 0.15) is 131 Å². The van der Waals surface area contributed by atoms with Gasteiger partial charge in [0.05, 0.1) is 15.7 Å². The minimum atomic E-state index is -1.14. The summed E-state index contributed by atoms with van der Waals surface area (Å²) in [4.78, 5) is 98.8. The van der Waals surface area contributed by atoms with Gasteiger partial charge in [-0.15, -0.1) is 23.5 Å². The number of aromatic nitrogens is 1. The number of rotatable bonds is 13. The standard InChI is InChI=1S/C38H58N6O7S2/c1-8-13-25(30(46)32(39)47)41-33(48)26-16-17-38(52-18-12-19-53-38)20-44(26)36(51)31(37(5,6)7)43-34(49)28(24-14-10-9-11-15-24)42-35(50)29-27(23(4)45)21(2)22(3)40-29/h24-26,28,31,40H,8-20H2,1-7H3,(H2,39,47)(H,41,48)(H,42,50)(H,43,49)/t25-,26?,28-,31+/m0/s1. The van der Waals surface area contributed by atoms with Crippen molar-refractivity contribution >= 4 is 64.6 Å². The third kappa shape index (κ3) is 10.1. The van der Waals surface area contributed by atoms with Crippen molar-refractivity contribution in [3.05, 3.63) is 22.5 Å². The van der Waals surface area contributed by atoms with Crippen LogP contribution in [0.2, 0.25) is 0 Å². The van der Waals surface area contributed by atoms with E-state index in [9.17, 15) is 33.6 Å². The molecular formula is C38H58N6O7S2. The number of nitrogens with one attached hydrogen (secondary N) is 4. The van der Waals surface area contributed by atoms with Gasteiger partial charge in [0.2, 0.25) is 23.5 Å². The quantitative estimate of drug-likeness (QED) is 0.146. The summed E-state index contributed by atoms with van der Waals surface area (Å²) in [6, 6.07) is -4.11. The summed E-state index contributed by atoms with van der Waals surface area (Å²) in [7, 11) is 0. The number of aryl methyl sites for hydroxylation is 1. The lowest BCUT2D eigenvalue weighted by molar-refractivity contribution is -0.148. The molecule has 1 saturated carbocycles. The average molecular weight is 775 g/mol. The average Bonchev–Trinajstić information content (AvgIpc) is 3.42. The highest BCUT2D eigenvalue weighted by Crippen LogP contribution is 2.49. The topological polar surface area (TPSA) is 201 Å². The van der Waals surface area contributed by atoms with Gasteiger partial charge in [0.25, 0.3) is 11.8 Å². The molecule has 294 valence electrons. The van der Waals surface area contributed by atoms with Gasteiger partial charge >= 0.3 is 0 Å². The maximum atomic E-state index is 14.9. The molecule has 15 heteroatoms. The number of hydrogen-bond acceptors (Lipinski definition) is 9. The van der Waals surface area contributed by atoms with Gasteiger partial charge in [-0.2, -0.15) is 0 Å². The molecule has 3 aliphatic rings. The number of carbonyl (C=O) groups is 7. The molecule has 0 bridgehead atoms. The van der Waals surface area contributed by atoms with Crippen molar-refractivity contribution in [2.45, 2.75) is 141 Å². The molecule has 4 rings (SSSR count). The normalized spacial score (nSPS) is 20.9. The number of H-pyrrole nitrogens is 1. The second kappa shape index (κ2) is 17.9. The number of primary amides is 1. The highest BCUT2D eigenvalue weighted by Gasteiger charge is 2.49. The van der Waals surface area contributed by atoms with E-state index in [0.717, 1.165) is 37.2 Å². The Balaban J connectivity index is 1.67. The molecule has 3 fully saturated rings. The number of ketones is 2. The second-order valence-corrected chi connectivity index (χ2v) is 19.1. The van der Waals surface area contributed by atoms with Crippen LogP contribution in [-0.2, 0) is 24.0 Å². The van der Waals surface area contributed by atoms with Crippen LogP contribution in [0.25, 0.3) is 0 Å². The SMILES string of the molecule is CCC[C@H](NC(=O)C1CCC2(CN1C(=O)[C@@H](NC(=O)[C@@H](NC(=O)c1[nH]c(C)c(C)c1C(C)=O)C1CCCCC1)C(C)(C)C)SCCCS2)C(=O)C(N)=O. The Hall–Kier alpha value is -3.33. The Morgan fingerprint density at radius 3 is 2.15 bits per heavy atom. The molecule has 1 spiro atoms. The largest absolute Gasteiger partial charge is 0.363 e. The van der Waals surface area contributed by atoms with Crippen LogP contribution in [0.15, 0.2) is 0 Å². The first-order valence-corrected chi connectivity index (χ1v) is 20.9. The number of nitrogens with two attached hydrogens (primary N) is 1. The molecule has 2 aliphatic heterocycles. The van der Waals surface area contributed by atoms with Gasteiger partial charge < -0.3 is 31.6 Å². The number of thioether (sulfide) groups is 2. The fourth-order valence-electron chi connectivity index (χ4n) is 7.77. The van der Waals surface area contributed by atoms with E-state index in [1.807, 2.05) is 27.7 Å². The van der Waals surface area contributed by atoms with Crippen molar-refractivity contribution in [3.8, 4) is 0 Å². The highest BCUT2D eigenvalue weighted by atomic mass is 32.2. The van der Waals surface area contributed by atoms with E-state index in [-0.39, 0.29) is 40.0 Å². The summed E-state index contributed by atoms with van der Waals surface area (Å²) in [6.07, 6.45) is 6.99. The van der Waals surface area contributed by atoms with E-state index in [1.54, 1.807) is 42.3 Å². The van der Waals surface area contributed by atoms with Gasteiger partial charge in [0.15, 0.2) is 5.78 Å². The first-order chi connectivity index (χ1) is 24.9. The second-order valence-electron chi connectivity index (χ2n) is 15.9. The minimum absolute atomic E-state index is 0.107. The predicted octanol–water partition coefficient (Wildman–Crippen LogP) is 3.94. The fraction of sp³-hybridized carbons (Fsp3) is 0.711. The van der Waals surface area contributed by atoms with Crippen molar-refractivity contribution < 1.29 is 33.6 Å². The number of nitrogens with zero attached hydrogens (tertiary/aromatic N) is 1. The van der Waals surface area contributed by atoms with Crippen molar-refractivity contribution in [1.29, 1.82) is 0 Å². The number of amides is 5. The van der Waals surface area contributed by atoms with Crippen LogP contribution >= 0.6 is 23.5 Å². The Morgan fingerprint density at radius 1 is 0.943 bits per heavy atom.